The molecule has 1 N–H and O–H groups in total. The molecule has 0 amide bonds. The number of hydrogen-bond acceptors (Lipinski definition) is 8. The van der Waals surface area contributed by atoms with E-state index in [0.717, 1.165) is 12.8 Å². The molecule has 0 unspecified atom stereocenters. The Morgan fingerprint density at radius 1 is 0.955 bits per heavy atom. The van der Waals surface area contributed by atoms with E-state index in [1.54, 1.807) is 74.6 Å². The van der Waals surface area contributed by atoms with Crippen LogP contribution in [0.15, 0.2) is 70.5 Å². The first-order chi connectivity index (χ1) is 21.0. The number of rotatable bonds is 10. The first-order valence-electron chi connectivity index (χ1n) is 14.8. The van der Waals surface area contributed by atoms with Crippen LogP contribution in [0.1, 0.15) is 39.5 Å². The number of hydrogen-bond donors (Lipinski definition) is 1. The topological polar surface area (TPSA) is 131 Å². The molecule has 2 heterocycles. The molecule has 11 nitrogen and oxygen atoms in total. The lowest BCUT2D eigenvalue weighted by Gasteiger charge is -2.37. The minimum absolute atomic E-state index is 0.143. The second-order valence-corrected chi connectivity index (χ2v) is 16.2. The predicted molar refractivity (Wildman–Crippen MR) is 171 cm³/mol. The quantitative estimate of drug-likeness (QED) is 0.348. The summed E-state index contributed by atoms with van der Waals surface area (Å²) in [4.78, 5) is 16.0. The molecule has 2 aliphatic rings. The number of sulfonamides is 2. The lowest BCUT2D eigenvalue weighted by molar-refractivity contribution is 0.130. The van der Waals surface area contributed by atoms with Gasteiger partial charge in [-0.15, -0.1) is 0 Å². The number of nitrogens with zero attached hydrogens (tertiary/aromatic N) is 4. The molecule has 1 aliphatic carbocycles. The highest BCUT2D eigenvalue weighted by molar-refractivity contribution is 7.89. The Morgan fingerprint density at radius 2 is 1.64 bits per heavy atom. The van der Waals surface area contributed by atoms with E-state index < -0.39 is 30.9 Å². The van der Waals surface area contributed by atoms with Gasteiger partial charge in [-0.1, -0.05) is 35.9 Å². The zero-order valence-electron chi connectivity index (χ0n) is 24.8. The second-order valence-electron chi connectivity index (χ2n) is 11.5. The average molecular weight is 664 g/mol. The molecule has 1 saturated carbocycles. The minimum atomic E-state index is -3.59. The van der Waals surface area contributed by atoms with E-state index in [2.05, 4.69) is 9.82 Å². The summed E-state index contributed by atoms with van der Waals surface area (Å²) in [6.45, 7) is 5.02. The molecule has 5 rings (SSSR count). The molecule has 0 bridgehead atoms. The van der Waals surface area contributed by atoms with E-state index in [-0.39, 0.29) is 22.7 Å². The standard InChI is InChI=1S/C30H38ClN5O6S2/c1-22(2)44(40,41)35-17-15-34(16-18-35)28-21-32-36(25-8-6-7-24(31)19-25)30(37)29(28)42-26-13-11-23(12-14-26)20-33-43(38,39)27-9-4-3-5-10-27/h3-10,19,21-23,26,33H,11-18,20H2,1-2H3. The van der Waals surface area contributed by atoms with Crippen molar-refractivity contribution in [3.05, 3.63) is 76.2 Å². The number of aromatic nitrogens is 2. The van der Waals surface area contributed by atoms with Crippen LogP contribution in [0.25, 0.3) is 5.69 Å². The van der Waals surface area contributed by atoms with Gasteiger partial charge < -0.3 is 9.64 Å². The zero-order valence-corrected chi connectivity index (χ0v) is 27.2. The number of piperazine rings is 1. The second kappa shape index (κ2) is 13.6. The average Bonchev–Trinajstić information content (AvgIpc) is 3.02. The molecule has 44 heavy (non-hydrogen) atoms. The summed E-state index contributed by atoms with van der Waals surface area (Å²) in [5.41, 5.74) is 0.591. The molecule has 2 fully saturated rings. The maximum absolute atomic E-state index is 13.9. The largest absolute Gasteiger partial charge is 0.483 e. The fraction of sp³-hybridized carbons (Fsp3) is 0.467. The monoisotopic (exact) mass is 663 g/mol. The summed E-state index contributed by atoms with van der Waals surface area (Å²) in [6.07, 6.45) is 4.11. The van der Waals surface area contributed by atoms with Crippen molar-refractivity contribution in [2.45, 2.75) is 55.8 Å². The van der Waals surface area contributed by atoms with Crippen LogP contribution in [0.4, 0.5) is 5.69 Å². The summed E-state index contributed by atoms with van der Waals surface area (Å²) in [5.74, 6) is 0.303. The minimum Gasteiger partial charge on any atom is -0.483 e. The van der Waals surface area contributed by atoms with Crippen LogP contribution in [-0.4, -0.2) is 75.0 Å². The van der Waals surface area contributed by atoms with E-state index >= 15 is 0 Å². The zero-order chi connectivity index (χ0) is 31.5. The van der Waals surface area contributed by atoms with Crippen molar-refractivity contribution >= 4 is 37.3 Å². The molecule has 1 saturated heterocycles. The van der Waals surface area contributed by atoms with Gasteiger partial charge in [-0.3, -0.25) is 4.79 Å². The van der Waals surface area contributed by atoms with Gasteiger partial charge in [0, 0.05) is 37.7 Å². The third kappa shape index (κ3) is 7.28. The number of ether oxygens (including phenoxy) is 1. The van der Waals surface area contributed by atoms with Crippen molar-refractivity contribution in [1.29, 1.82) is 0 Å². The molecule has 0 radical (unpaired) electrons. The van der Waals surface area contributed by atoms with Gasteiger partial charge in [-0.05, 0) is 75.8 Å². The van der Waals surface area contributed by atoms with Gasteiger partial charge in [0.2, 0.25) is 25.8 Å². The Balaban J connectivity index is 1.31. The SMILES string of the molecule is CC(C)S(=O)(=O)N1CCN(c2cnn(-c3cccc(Cl)c3)c(=O)c2OC2CCC(CNS(=O)(=O)c3ccccc3)CC2)CC1. The highest BCUT2D eigenvalue weighted by Gasteiger charge is 2.32. The smallest absolute Gasteiger partial charge is 0.316 e. The van der Waals surface area contributed by atoms with Crippen molar-refractivity contribution in [2.75, 3.05) is 37.6 Å². The molecule has 1 aliphatic heterocycles. The molecule has 3 aromatic rings. The van der Waals surface area contributed by atoms with Crippen LogP contribution in [0.3, 0.4) is 0 Å². The van der Waals surface area contributed by atoms with Crippen LogP contribution < -0.4 is 19.9 Å². The molecule has 0 atom stereocenters. The van der Waals surface area contributed by atoms with Crippen molar-refractivity contribution in [1.82, 2.24) is 18.8 Å². The third-order valence-electron chi connectivity index (χ3n) is 8.20. The molecule has 238 valence electrons. The Morgan fingerprint density at radius 3 is 2.27 bits per heavy atom. The summed E-state index contributed by atoms with van der Waals surface area (Å²) in [6, 6.07) is 15.1. The first-order valence-corrected chi connectivity index (χ1v) is 18.2. The number of anilines is 1. The molecule has 14 heteroatoms. The van der Waals surface area contributed by atoms with Crippen molar-refractivity contribution in [3.63, 3.8) is 0 Å². The summed E-state index contributed by atoms with van der Waals surface area (Å²) < 4.78 is 62.6. The van der Waals surface area contributed by atoms with Crippen LogP contribution in [0.2, 0.25) is 5.02 Å². The van der Waals surface area contributed by atoms with Crippen LogP contribution in [-0.2, 0) is 20.0 Å². The maximum Gasteiger partial charge on any atom is 0.316 e. The lowest BCUT2D eigenvalue weighted by Crippen LogP contribution is -2.50. The van der Waals surface area contributed by atoms with Crippen LogP contribution >= 0.6 is 11.6 Å². The highest BCUT2D eigenvalue weighted by Crippen LogP contribution is 2.32. The highest BCUT2D eigenvalue weighted by atomic mass is 35.5. The fourth-order valence-corrected chi connectivity index (χ4v) is 8.16. The molecular formula is C30H38ClN5O6S2. The summed E-state index contributed by atoms with van der Waals surface area (Å²) in [7, 11) is -6.98. The van der Waals surface area contributed by atoms with Gasteiger partial charge in [0.05, 0.1) is 28.1 Å². The van der Waals surface area contributed by atoms with Crippen LogP contribution in [0, 0.1) is 5.92 Å². The van der Waals surface area contributed by atoms with Crippen molar-refractivity contribution < 1.29 is 21.6 Å². The molecular weight excluding hydrogens is 626 g/mol. The first kappa shape index (κ1) is 32.4. The Kier molecular flexibility index (Phi) is 10.0. The Bertz CT molecular complexity index is 1720. The third-order valence-corrected chi connectivity index (χ3v) is 12.1. The van der Waals surface area contributed by atoms with Crippen molar-refractivity contribution in [3.8, 4) is 11.4 Å². The van der Waals surface area contributed by atoms with E-state index in [9.17, 15) is 21.6 Å². The van der Waals surface area contributed by atoms with Gasteiger partial charge in [0.15, 0.2) is 0 Å². The Labute approximate surface area is 263 Å². The Hall–Kier alpha value is -2.97. The van der Waals surface area contributed by atoms with E-state index in [1.807, 2.05) is 4.90 Å². The normalized spacial score (nSPS) is 20.1. The predicted octanol–water partition coefficient (Wildman–Crippen LogP) is 3.66. The summed E-state index contributed by atoms with van der Waals surface area (Å²) >= 11 is 6.19. The number of nitrogens with one attached hydrogen (secondary N) is 1. The van der Waals surface area contributed by atoms with E-state index in [4.69, 9.17) is 16.3 Å². The van der Waals surface area contributed by atoms with Gasteiger partial charge in [0.25, 0.3) is 0 Å². The van der Waals surface area contributed by atoms with E-state index in [1.165, 1.54) is 8.99 Å². The fourth-order valence-electron chi connectivity index (χ4n) is 5.57. The van der Waals surface area contributed by atoms with Gasteiger partial charge in [0.1, 0.15) is 5.69 Å². The van der Waals surface area contributed by atoms with Gasteiger partial charge >= 0.3 is 5.56 Å². The van der Waals surface area contributed by atoms with Gasteiger partial charge in [-0.2, -0.15) is 14.1 Å². The summed E-state index contributed by atoms with van der Waals surface area (Å²) in [5, 5.41) is 4.38. The van der Waals surface area contributed by atoms with Crippen LogP contribution in [0.5, 0.6) is 5.75 Å². The van der Waals surface area contributed by atoms with Gasteiger partial charge in [-0.25, -0.2) is 21.6 Å². The molecule has 0 spiro atoms. The lowest BCUT2D eigenvalue weighted by atomic mass is 9.87. The number of benzene rings is 2. The van der Waals surface area contributed by atoms with Crippen molar-refractivity contribution in [2.24, 2.45) is 5.92 Å². The number of halogens is 1. The molecule has 1 aromatic heterocycles. The maximum atomic E-state index is 13.9. The molecule has 2 aromatic carbocycles. The van der Waals surface area contributed by atoms with E-state index in [0.29, 0.717) is 62.0 Å².